The van der Waals surface area contributed by atoms with Crippen LogP contribution in [0.3, 0.4) is 0 Å². The molecule has 2 bridgehead atoms. The van der Waals surface area contributed by atoms with E-state index in [1.54, 1.807) is 0 Å². The second-order valence-electron chi connectivity index (χ2n) is 6.67. The third-order valence-corrected chi connectivity index (χ3v) is 5.26. The van der Waals surface area contributed by atoms with Crippen molar-refractivity contribution in [3.05, 3.63) is 12.2 Å². The quantitative estimate of drug-likeness (QED) is 0.293. The first-order valence-electron chi connectivity index (χ1n) is 8.77. The van der Waals surface area contributed by atoms with Gasteiger partial charge in [0.1, 0.15) is 0 Å². The lowest BCUT2D eigenvalue weighted by atomic mass is 9.95. The van der Waals surface area contributed by atoms with E-state index < -0.39 is 0 Å². The van der Waals surface area contributed by atoms with Gasteiger partial charge in [-0.05, 0) is 49.2 Å². The number of thiol groups is 1. The standard InChI is InChI=1S/C18H32OS/c20-12-8-6-4-2-1-3-5-7-11-19-15-18-14-16-9-10-17(18)13-16/h9-10,16-18,20H,1-8,11-15H2. The molecule has 0 N–H and O–H groups in total. The summed E-state index contributed by atoms with van der Waals surface area (Å²) in [5.41, 5.74) is 0. The van der Waals surface area contributed by atoms with Gasteiger partial charge in [0.2, 0.25) is 0 Å². The van der Waals surface area contributed by atoms with Crippen molar-refractivity contribution in [1.29, 1.82) is 0 Å². The molecule has 0 saturated heterocycles. The zero-order valence-corrected chi connectivity index (χ0v) is 13.8. The van der Waals surface area contributed by atoms with Gasteiger partial charge in [-0.25, -0.2) is 0 Å². The van der Waals surface area contributed by atoms with Crippen LogP contribution in [0.5, 0.6) is 0 Å². The maximum atomic E-state index is 5.89. The molecule has 2 aliphatic rings. The summed E-state index contributed by atoms with van der Waals surface area (Å²) < 4.78 is 5.89. The Labute approximate surface area is 131 Å². The fraction of sp³-hybridized carbons (Fsp3) is 0.889. The van der Waals surface area contributed by atoms with E-state index in [2.05, 4.69) is 24.8 Å². The molecule has 1 saturated carbocycles. The van der Waals surface area contributed by atoms with Crippen LogP contribution in [0.2, 0.25) is 0 Å². The summed E-state index contributed by atoms with van der Waals surface area (Å²) in [6.07, 6.45) is 18.5. The molecule has 1 fully saturated rings. The van der Waals surface area contributed by atoms with Crippen molar-refractivity contribution in [3.63, 3.8) is 0 Å². The second-order valence-corrected chi connectivity index (χ2v) is 7.11. The molecule has 0 spiro atoms. The van der Waals surface area contributed by atoms with Gasteiger partial charge in [0.25, 0.3) is 0 Å². The first kappa shape index (κ1) is 16.4. The van der Waals surface area contributed by atoms with Gasteiger partial charge >= 0.3 is 0 Å². The number of hydrogen-bond acceptors (Lipinski definition) is 2. The van der Waals surface area contributed by atoms with E-state index >= 15 is 0 Å². The molecule has 20 heavy (non-hydrogen) atoms. The molecule has 0 amide bonds. The van der Waals surface area contributed by atoms with Crippen molar-refractivity contribution in [2.75, 3.05) is 19.0 Å². The van der Waals surface area contributed by atoms with Crippen LogP contribution in [0.1, 0.15) is 64.2 Å². The Morgan fingerprint density at radius 1 is 0.850 bits per heavy atom. The van der Waals surface area contributed by atoms with E-state index in [0.29, 0.717) is 0 Å². The molecule has 0 aromatic heterocycles. The minimum absolute atomic E-state index is 0.830. The average Bonchev–Trinajstić information content (AvgIpc) is 3.07. The first-order chi connectivity index (χ1) is 9.90. The van der Waals surface area contributed by atoms with Gasteiger partial charge in [-0.2, -0.15) is 12.6 Å². The smallest absolute Gasteiger partial charge is 0.0500 e. The molecule has 0 aliphatic heterocycles. The molecule has 0 aromatic carbocycles. The van der Waals surface area contributed by atoms with Crippen LogP contribution in [0.15, 0.2) is 12.2 Å². The van der Waals surface area contributed by atoms with Gasteiger partial charge in [-0.3, -0.25) is 0 Å². The topological polar surface area (TPSA) is 9.23 Å². The van der Waals surface area contributed by atoms with Crippen LogP contribution < -0.4 is 0 Å². The summed E-state index contributed by atoms with van der Waals surface area (Å²) in [7, 11) is 0. The maximum Gasteiger partial charge on any atom is 0.0500 e. The fourth-order valence-electron chi connectivity index (χ4n) is 3.70. The molecule has 2 heteroatoms. The lowest BCUT2D eigenvalue weighted by Gasteiger charge is -2.17. The third kappa shape index (κ3) is 5.81. The predicted molar refractivity (Wildman–Crippen MR) is 90.5 cm³/mol. The summed E-state index contributed by atoms with van der Waals surface area (Å²) in [6, 6.07) is 0. The SMILES string of the molecule is SCCCCCCCCCCOCC1CC2C=CC1C2. The van der Waals surface area contributed by atoms with Gasteiger partial charge in [0.05, 0.1) is 0 Å². The maximum absolute atomic E-state index is 5.89. The summed E-state index contributed by atoms with van der Waals surface area (Å²) >= 11 is 4.24. The van der Waals surface area contributed by atoms with E-state index in [9.17, 15) is 0 Å². The summed E-state index contributed by atoms with van der Waals surface area (Å²) in [5, 5.41) is 0. The number of ether oxygens (including phenoxy) is 1. The van der Waals surface area contributed by atoms with Crippen LogP contribution in [-0.2, 0) is 4.74 Å². The molecule has 0 aromatic rings. The van der Waals surface area contributed by atoms with Gasteiger partial charge in [-0.15, -0.1) is 0 Å². The molecule has 2 aliphatic carbocycles. The molecule has 0 heterocycles. The van der Waals surface area contributed by atoms with Gasteiger partial charge < -0.3 is 4.74 Å². The van der Waals surface area contributed by atoms with Gasteiger partial charge in [0, 0.05) is 13.2 Å². The number of unbranched alkanes of at least 4 members (excludes halogenated alkanes) is 7. The highest BCUT2D eigenvalue weighted by Gasteiger charge is 2.35. The number of fused-ring (bicyclic) bond motifs is 2. The summed E-state index contributed by atoms with van der Waals surface area (Å²) in [4.78, 5) is 0. The van der Waals surface area contributed by atoms with E-state index in [1.807, 2.05) is 0 Å². The largest absolute Gasteiger partial charge is 0.381 e. The molecule has 2 rings (SSSR count). The molecule has 0 radical (unpaired) electrons. The Morgan fingerprint density at radius 2 is 1.55 bits per heavy atom. The Morgan fingerprint density at radius 3 is 2.15 bits per heavy atom. The van der Waals surface area contributed by atoms with E-state index in [0.717, 1.165) is 36.7 Å². The minimum Gasteiger partial charge on any atom is -0.381 e. The van der Waals surface area contributed by atoms with Crippen molar-refractivity contribution >= 4 is 12.6 Å². The van der Waals surface area contributed by atoms with Crippen molar-refractivity contribution in [3.8, 4) is 0 Å². The zero-order chi connectivity index (χ0) is 14.0. The Hall–Kier alpha value is 0.0500. The van der Waals surface area contributed by atoms with Crippen LogP contribution in [-0.4, -0.2) is 19.0 Å². The lowest BCUT2D eigenvalue weighted by molar-refractivity contribution is 0.0876. The van der Waals surface area contributed by atoms with Crippen molar-refractivity contribution in [2.24, 2.45) is 17.8 Å². The number of hydrogen-bond donors (Lipinski definition) is 1. The predicted octanol–water partition coefficient (Wildman–Crippen LogP) is 5.27. The highest BCUT2D eigenvalue weighted by molar-refractivity contribution is 7.80. The molecular formula is C18H32OS. The van der Waals surface area contributed by atoms with Crippen molar-refractivity contribution in [1.82, 2.24) is 0 Å². The van der Waals surface area contributed by atoms with Gasteiger partial charge in [-0.1, -0.05) is 50.7 Å². The molecule has 1 nitrogen and oxygen atoms in total. The summed E-state index contributed by atoms with van der Waals surface area (Å²) in [6.45, 7) is 1.99. The molecule has 3 unspecified atom stereocenters. The molecule has 116 valence electrons. The fourth-order valence-corrected chi connectivity index (χ4v) is 3.92. The Kier molecular flexibility index (Phi) is 8.12. The zero-order valence-electron chi connectivity index (χ0n) is 12.9. The monoisotopic (exact) mass is 296 g/mol. The second kappa shape index (κ2) is 9.89. The number of allylic oxidation sites excluding steroid dienone is 2. The van der Waals surface area contributed by atoms with Crippen LogP contribution in [0.4, 0.5) is 0 Å². The molecular weight excluding hydrogens is 264 g/mol. The van der Waals surface area contributed by atoms with Crippen LogP contribution in [0.25, 0.3) is 0 Å². The Balaban J connectivity index is 1.32. The van der Waals surface area contributed by atoms with Crippen molar-refractivity contribution < 1.29 is 4.74 Å². The average molecular weight is 297 g/mol. The van der Waals surface area contributed by atoms with E-state index in [-0.39, 0.29) is 0 Å². The lowest BCUT2D eigenvalue weighted by Crippen LogP contribution is -2.14. The Bertz CT molecular complexity index is 277. The van der Waals surface area contributed by atoms with E-state index in [4.69, 9.17) is 4.74 Å². The van der Waals surface area contributed by atoms with Crippen molar-refractivity contribution in [2.45, 2.75) is 64.2 Å². The minimum atomic E-state index is 0.830. The highest BCUT2D eigenvalue weighted by atomic mass is 32.1. The number of rotatable bonds is 12. The normalized spacial score (nSPS) is 27.6. The van der Waals surface area contributed by atoms with Gasteiger partial charge in [0.15, 0.2) is 0 Å². The van der Waals surface area contributed by atoms with Crippen LogP contribution >= 0.6 is 12.6 Å². The van der Waals surface area contributed by atoms with E-state index in [1.165, 1.54) is 64.2 Å². The van der Waals surface area contributed by atoms with Crippen LogP contribution in [0, 0.1) is 17.8 Å². The highest BCUT2D eigenvalue weighted by Crippen LogP contribution is 2.43. The first-order valence-corrected chi connectivity index (χ1v) is 9.40. The summed E-state index contributed by atoms with van der Waals surface area (Å²) in [5.74, 6) is 3.61. The third-order valence-electron chi connectivity index (χ3n) is 4.95. The molecule has 3 atom stereocenters.